The summed E-state index contributed by atoms with van der Waals surface area (Å²) >= 11 is 4.96. The van der Waals surface area contributed by atoms with Crippen LogP contribution in [-0.4, -0.2) is 39.2 Å². The van der Waals surface area contributed by atoms with E-state index in [1.807, 2.05) is 0 Å². The maximum atomic E-state index is 6.04. The molecule has 104 valence electrons. The van der Waals surface area contributed by atoms with E-state index in [0.29, 0.717) is 11.6 Å². The first-order valence-corrected chi connectivity index (χ1v) is 6.67. The van der Waals surface area contributed by atoms with Gasteiger partial charge in [0.2, 0.25) is 5.95 Å². The Bertz CT molecular complexity index is 485. The Kier molecular flexibility index (Phi) is 3.49. The van der Waals surface area contributed by atoms with Gasteiger partial charge in [0, 0.05) is 19.3 Å². The quantitative estimate of drug-likeness (QED) is 0.828. The zero-order chi connectivity index (χ0) is 14.3. The Hall–Kier alpha value is -1.27. The number of nitrogens with two attached hydrogens (primary N) is 1. The zero-order valence-electron chi connectivity index (χ0n) is 11.8. The number of aromatic nitrogens is 2. The third-order valence-corrected chi connectivity index (χ3v) is 3.08. The van der Waals surface area contributed by atoms with E-state index < -0.39 is 0 Å². The molecule has 5 nitrogen and oxygen atoms in total. The van der Waals surface area contributed by atoms with Crippen molar-refractivity contribution in [3.63, 3.8) is 0 Å². The molecular weight excluding hydrogens is 260 g/mol. The minimum absolute atomic E-state index is 0.246. The minimum Gasteiger partial charge on any atom is -0.388 e. The number of morpholine rings is 1. The van der Waals surface area contributed by atoms with E-state index in [-0.39, 0.29) is 16.2 Å². The summed E-state index contributed by atoms with van der Waals surface area (Å²) in [5, 5.41) is 0. The van der Waals surface area contributed by atoms with Gasteiger partial charge in [0.25, 0.3) is 0 Å². The van der Waals surface area contributed by atoms with Crippen molar-refractivity contribution in [3.05, 3.63) is 18.0 Å². The van der Waals surface area contributed by atoms with E-state index in [1.54, 1.807) is 12.3 Å². The highest BCUT2D eigenvalue weighted by Crippen LogP contribution is 2.29. The molecule has 1 aliphatic rings. The number of ether oxygens (including phenoxy) is 1. The molecule has 2 rings (SSSR count). The molecule has 0 bridgehead atoms. The van der Waals surface area contributed by atoms with Crippen LogP contribution >= 0.6 is 12.2 Å². The van der Waals surface area contributed by atoms with Crippen LogP contribution < -0.4 is 10.6 Å². The first kappa shape index (κ1) is 14.1. The lowest BCUT2D eigenvalue weighted by Gasteiger charge is -2.47. The summed E-state index contributed by atoms with van der Waals surface area (Å²) < 4.78 is 6.04. The summed E-state index contributed by atoms with van der Waals surface area (Å²) in [4.78, 5) is 11.1. The summed E-state index contributed by atoms with van der Waals surface area (Å²) in [6, 6.07) is 1.72. The minimum atomic E-state index is -0.246. The molecule has 0 amide bonds. The molecule has 1 saturated heterocycles. The van der Waals surface area contributed by atoms with E-state index in [4.69, 9.17) is 22.7 Å². The van der Waals surface area contributed by atoms with Gasteiger partial charge in [0.1, 0.15) is 10.7 Å². The molecule has 0 unspecified atom stereocenters. The summed E-state index contributed by atoms with van der Waals surface area (Å²) in [5.41, 5.74) is 5.72. The second kappa shape index (κ2) is 4.68. The molecule has 1 aliphatic heterocycles. The van der Waals surface area contributed by atoms with Gasteiger partial charge in [-0.05, 0) is 33.8 Å². The highest BCUT2D eigenvalue weighted by molar-refractivity contribution is 7.80. The fraction of sp³-hybridized carbons (Fsp3) is 0.615. The second-order valence-electron chi connectivity index (χ2n) is 6.08. The Labute approximate surface area is 119 Å². The molecule has 1 aromatic heterocycles. The van der Waals surface area contributed by atoms with Gasteiger partial charge >= 0.3 is 0 Å². The molecular formula is C13H20N4OS. The van der Waals surface area contributed by atoms with Crippen LogP contribution in [0, 0.1) is 0 Å². The van der Waals surface area contributed by atoms with E-state index in [0.717, 1.165) is 13.1 Å². The predicted octanol–water partition coefficient (Wildman–Crippen LogP) is 1.50. The van der Waals surface area contributed by atoms with Crippen LogP contribution in [0.3, 0.4) is 0 Å². The normalized spacial score (nSPS) is 21.2. The number of hydrogen-bond acceptors (Lipinski definition) is 5. The van der Waals surface area contributed by atoms with Crippen molar-refractivity contribution in [1.29, 1.82) is 0 Å². The van der Waals surface area contributed by atoms with Gasteiger partial charge in [0.15, 0.2) is 0 Å². The molecule has 19 heavy (non-hydrogen) atoms. The second-order valence-corrected chi connectivity index (χ2v) is 6.52. The Morgan fingerprint density at radius 1 is 1.32 bits per heavy atom. The van der Waals surface area contributed by atoms with Crippen LogP contribution in [0.25, 0.3) is 0 Å². The molecule has 0 aromatic carbocycles. The molecule has 0 aliphatic carbocycles. The van der Waals surface area contributed by atoms with Crippen molar-refractivity contribution in [1.82, 2.24) is 9.97 Å². The van der Waals surface area contributed by atoms with E-state index in [2.05, 4.69) is 42.6 Å². The fourth-order valence-corrected chi connectivity index (χ4v) is 2.68. The van der Waals surface area contributed by atoms with E-state index >= 15 is 0 Å². The lowest BCUT2D eigenvalue weighted by atomic mass is 9.99. The number of anilines is 1. The van der Waals surface area contributed by atoms with Gasteiger partial charge in [-0.3, -0.25) is 0 Å². The average molecular weight is 280 g/mol. The van der Waals surface area contributed by atoms with Gasteiger partial charge in [-0.15, -0.1) is 0 Å². The molecule has 0 spiro atoms. The molecule has 0 radical (unpaired) electrons. The third kappa shape index (κ3) is 3.39. The molecule has 2 heterocycles. The van der Waals surface area contributed by atoms with Crippen LogP contribution in [0.2, 0.25) is 0 Å². The van der Waals surface area contributed by atoms with E-state index in [9.17, 15) is 0 Å². The summed E-state index contributed by atoms with van der Waals surface area (Å²) in [5.74, 6) is 0.648. The van der Waals surface area contributed by atoms with Crippen molar-refractivity contribution < 1.29 is 4.74 Å². The third-order valence-electron chi connectivity index (χ3n) is 2.87. The maximum absolute atomic E-state index is 6.04. The predicted molar refractivity (Wildman–Crippen MR) is 79.4 cm³/mol. The Morgan fingerprint density at radius 3 is 2.42 bits per heavy atom. The standard InChI is InChI=1S/C13H20N4OS/c1-12(2)7-17(8-13(3,4)18-12)11-15-6-5-9(16-11)10(14)19/h5-6H,7-8H2,1-4H3,(H2,14,19). The number of nitrogens with zero attached hydrogens (tertiary/aromatic N) is 3. The highest BCUT2D eigenvalue weighted by Gasteiger charge is 2.39. The molecule has 0 saturated carbocycles. The largest absolute Gasteiger partial charge is 0.388 e. The lowest BCUT2D eigenvalue weighted by molar-refractivity contribution is -0.133. The molecule has 6 heteroatoms. The van der Waals surface area contributed by atoms with Crippen LogP contribution in [0.4, 0.5) is 5.95 Å². The van der Waals surface area contributed by atoms with Crippen molar-refractivity contribution in [3.8, 4) is 0 Å². The lowest BCUT2D eigenvalue weighted by Crippen LogP contribution is -2.57. The zero-order valence-corrected chi connectivity index (χ0v) is 12.6. The number of rotatable bonds is 2. The van der Waals surface area contributed by atoms with Crippen LogP contribution in [-0.2, 0) is 4.74 Å². The maximum Gasteiger partial charge on any atom is 0.226 e. The fourth-order valence-electron chi connectivity index (χ4n) is 2.57. The number of hydrogen-bond donors (Lipinski definition) is 1. The Morgan fingerprint density at radius 2 is 1.89 bits per heavy atom. The van der Waals surface area contributed by atoms with Gasteiger partial charge < -0.3 is 15.4 Å². The van der Waals surface area contributed by atoms with Gasteiger partial charge in [-0.1, -0.05) is 12.2 Å². The van der Waals surface area contributed by atoms with Gasteiger partial charge in [-0.25, -0.2) is 9.97 Å². The van der Waals surface area contributed by atoms with Gasteiger partial charge in [-0.2, -0.15) is 0 Å². The molecule has 0 atom stereocenters. The topological polar surface area (TPSA) is 64.3 Å². The van der Waals surface area contributed by atoms with Gasteiger partial charge in [0.05, 0.1) is 11.2 Å². The first-order valence-electron chi connectivity index (χ1n) is 6.27. The van der Waals surface area contributed by atoms with Crippen molar-refractivity contribution >= 4 is 23.2 Å². The summed E-state index contributed by atoms with van der Waals surface area (Å²) in [6.45, 7) is 9.74. The van der Waals surface area contributed by atoms with Crippen LogP contribution in [0.5, 0.6) is 0 Å². The summed E-state index contributed by atoms with van der Waals surface area (Å²) in [6.07, 6.45) is 1.69. The Balaban J connectivity index is 2.30. The first-order chi connectivity index (χ1) is 8.69. The molecule has 1 aromatic rings. The van der Waals surface area contributed by atoms with Crippen LogP contribution in [0.1, 0.15) is 33.4 Å². The average Bonchev–Trinajstić information content (AvgIpc) is 2.25. The highest BCUT2D eigenvalue weighted by atomic mass is 32.1. The monoisotopic (exact) mass is 280 g/mol. The van der Waals surface area contributed by atoms with Crippen molar-refractivity contribution in [2.45, 2.75) is 38.9 Å². The molecule has 2 N–H and O–H groups in total. The molecule has 1 fully saturated rings. The van der Waals surface area contributed by atoms with Crippen molar-refractivity contribution in [2.75, 3.05) is 18.0 Å². The SMILES string of the molecule is CC1(C)CN(c2nccc(C(N)=S)n2)CC(C)(C)O1. The van der Waals surface area contributed by atoms with E-state index in [1.165, 1.54) is 0 Å². The van der Waals surface area contributed by atoms with Crippen molar-refractivity contribution in [2.24, 2.45) is 5.73 Å². The smallest absolute Gasteiger partial charge is 0.226 e. The van der Waals surface area contributed by atoms with Crippen LogP contribution in [0.15, 0.2) is 12.3 Å². The summed E-state index contributed by atoms with van der Waals surface area (Å²) in [7, 11) is 0. The number of thiocarbonyl (C=S) groups is 1.